The van der Waals surface area contributed by atoms with E-state index in [0.717, 1.165) is 31.6 Å². The van der Waals surface area contributed by atoms with E-state index in [9.17, 15) is 4.79 Å². The van der Waals surface area contributed by atoms with Gasteiger partial charge in [0, 0.05) is 36.8 Å². The number of aryl methyl sites for hydroxylation is 1. The molecule has 0 unspecified atom stereocenters. The van der Waals surface area contributed by atoms with E-state index in [1.807, 2.05) is 6.20 Å². The van der Waals surface area contributed by atoms with Crippen LogP contribution in [-0.2, 0) is 11.2 Å². The Hall–Kier alpha value is -1.32. The molecule has 122 valence electrons. The highest BCUT2D eigenvalue weighted by Crippen LogP contribution is 2.29. The second-order valence-corrected chi connectivity index (χ2v) is 7.00. The standard InChI is InChI=1S/C18H29N3O/c1-14-13-20-17(11-12-19-18(22)15-7-6-8-15)21(14)16-9-4-2-3-5-10-16/h13,15-16H,2-12H2,1H3,(H,19,22). The predicted octanol–water partition coefficient (Wildman–Crippen LogP) is 3.55. The van der Waals surface area contributed by atoms with E-state index < -0.39 is 0 Å². The second-order valence-electron chi connectivity index (χ2n) is 7.00. The molecule has 3 rings (SSSR count). The number of rotatable bonds is 5. The highest BCUT2D eigenvalue weighted by molar-refractivity contribution is 5.79. The summed E-state index contributed by atoms with van der Waals surface area (Å²) >= 11 is 0. The van der Waals surface area contributed by atoms with Crippen molar-refractivity contribution in [2.75, 3.05) is 6.54 Å². The Balaban J connectivity index is 1.57. The predicted molar refractivity (Wildman–Crippen MR) is 87.8 cm³/mol. The SMILES string of the molecule is Cc1cnc(CCNC(=O)C2CCC2)n1C1CCCCCC1. The zero-order valence-electron chi connectivity index (χ0n) is 13.8. The molecule has 0 atom stereocenters. The van der Waals surface area contributed by atoms with E-state index in [2.05, 4.69) is 21.8 Å². The van der Waals surface area contributed by atoms with E-state index >= 15 is 0 Å². The average Bonchev–Trinajstić information content (AvgIpc) is 2.65. The smallest absolute Gasteiger partial charge is 0.223 e. The fourth-order valence-electron chi connectivity index (χ4n) is 3.81. The zero-order chi connectivity index (χ0) is 15.4. The molecule has 1 aromatic heterocycles. The second kappa shape index (κ2) is 7.30. The first kappa shape index (κ1) is 15.6. The molecular formula is C18H29N3O. The third kappa shape index (κ3) is 3.53. The summed E-state index contributed by atoms with van der Waals surface area (Å²) in [6, 6.07) is 0.613. The van der Waals surface area contributed by atoms with E-state index in [1.165, 1.54) is 50.6 Å². The summed E-state index contributed by atoms with van der Waals surface area (Å²) in [6.45, 7) is 2.88. The normalized spacial score (nSPS) is 20.4. The Morgan fingerprint density at radius 2 is 1.91 bits per heavy atom. The van der Waals surface area contributed by atoms with Gasteiger partial charge in [0.15, 0.2) is 0 Å². The lowest BCUT2D eigenvalue weighted by Gasteiger charge is -2.24. The highest BCUT2D eigenvalue weighted by Gasteiger charge is 2.25. The molecule has 22 heavy (non-hydrogen) atoms. The van der Waals surface area contributed by atoms with Gasteiger partial charge in [-0.3, -0.25) is 4.79 Å². The Bertz CT molecular complexity index is 496. The van der Waals surface area contributed by atoms with Gasteiger partial charge in [0.1, 0.15) is 5.82 Å². The van der Waals surface area contributed by atoms with Crippen molar-refractivity contribution >= 4 is 5.91 Å². The van der Waals surface area contributed by atoms with Gasteiger partial charge < -0.3 is 9.88 Å². The molecule has 0 saturated heterocycles. The van der Waals surface area contributed by atoms with Crippen molar-refractivity contribution in [1.29, 1.82) is 0 Å². The molecule has 2 aliphatic carbocycles. The monoisotopic (exact) mass is 303 g/mol. The maximum atomic E-state index is 11.9. The summed E-state index contributed by atoms with van der Waals surface area (Å²) in [6.07, 6.45) is 14.2. The van der Waals surface area contributed by atoms with Crippen LogP contribution in [0.15, 0.2) is 6.20 Å². The molecule has 2 fully saturated rings. The number of hydrogen-bond donors (Lipinski definition) is 1. The number of hydrogen-bond acceptors (Lipinski definition) is 2. The molecule has 4 heteroatoms. The van der Waals surface area contributed by atoms with Crippen LogP contribution in [0.4, 0.5) is 0 Å². The highest BCUT2D eigenvalue weighted by atomic mass is 16.1. The minimum absolute atomic E-state index is 0.246. The molecule has 1 N–H and O–H groups in total. The Kier molecular flexibility index (Phi) is 5.16. The summed E-state index contributed by atoms with van der Waals surface area (Å²) < 4.78 is 2.45. The third-order valence-corrected chi connectivity index (χ3v) is 5.37. The van der Waals surface area contributed by atoms with Crippen LogP contribution in [0, 0.1) is 12.8 Å². The first-order valence-corrected chi connectivity index (χ1v) is 9.06. The van der Waals surface area contributed by atoms with Crippen molar-refractivity contribution in [2.45, 2.75) is 77.2 Å². The van der Waals surface area contributed by atoms with Gasteiger partial charge in [0.05, 0.1) is 0 Å². The van der Waals surface area contributed by atoms with Crippen molar-refractivity contribution in [3.05, 3.63) is 17.7 Å². The Labute approximate surface area is 133 Å². The molecule has 0 aliphatic heterocycles. The fraction of sp³-hybridized carbons (Fsp3) is 0.778. The van der Waals surface area contributed by atoms with E-state index in [0.29, 0.717) is 6.04 Å². The van der Waals surface area contributed by atoms with Gasteiger partial charge in [-0.15, -0.1) is 0 Å². The van der Waals surface area contributed by atoms with Gasteiger partial charge in [-0.2, -0.15) is 0 Å². The van der Waals surface area contributed by atoms with Crippen LogP contribution in [0.2, 0.25) is 0 Å². The lowest BCUT2D eigenvalue weighted by Crippen LogP contribution is -2.35. The molecule has 4 nitrogen and oxygen atoms in total. The summed E-state index contributed by atoms with van der Waals surface area (Å²) in [5.74, 6) is 1.68. The number of nitrogens with zero attached hydrogens (tertiary/aromatic N) is 2. The number of amides is 1. The Morgan fingerprint density at radius 3 is 2.55 bits per heavy atom. The van der Waals surface area contributed by atoms with Crippen LogP contribution >= 0.6 is 0 Å². The van der Waals surface area contributed by atoms with Crippen LogP contribution in [0.3, 0.4) is 0 Å². The number of nitrogens with one attached hydrogen (secondary N) is 1. The van der Waals surface area contributed by atoms with E-state index in [-0.39, 0.29) is 11.8 Å². The number of carbonyl (C=O) groups is 1. The van der Waals surface area contributed by atoms with Crippen molar-refractivity contribution in [2.24, 2.45) is 5.92 Å². The summed E-state index contributed by atoms with van der Waals surface area (Å²) in [5.41, 5.74) is 1.27. The number of carbonyl (C=O) groups excluding carboxylic acids is 1. The van der Waals surface area contributed by atoms with Crippen molar-refractivity contribution < 1.29 is 4.79 Å². The molecule has 2 aliphatic rings. The van der Waals surface area contributed by atoms with Gasteiger partial charge in [-0.05, 0) is 32.6 Å². The minimum Gasteiger partial charge on any atom is -0.355 e. The van der Waals surface area contributed by atoms with Crippen LogP contribution in [0.1, 0.15) is 75.3 Å². The molecule has 0 bridgehead atoms. The summed E-state index contributed by atoms with van der Waals surface area (Å²) in [7, 11) is 0. The molecule has 0 spiro atoms. The summed E-state index contributed by atoms with van der Waals surface area (Å²) in [4.78, 5) is 16.5. The maximum absolute atomic E-state index is 11.9. The van der Waals surface area contributed by atoms with Gasteiger partial charge in [0.2, 0.25) is 5.91 Å². The summed E-state index contributed by atoms with van der Waals surface area (Å²) in [5, 5.41) is 3.09. The topological polar surface area (TPSA) is 46.9 Å². The van der Waals surface area contributed by atoms with Crippen molar-refractivity contribution in [3.8, 4) is 0 Å². The third-order valence-electron chi connectivity index (χ3n) is 5.37. The first-order chi connectivity index (χ1) is 10.8. The minimum atomic E-state index is 0.246. The quantitative estimate of drug-likeness (QED) is 0.846. The lowest BCUT2D eigenvalue weighted by molar-refractivity contribution is -0.127. The lowest BCUT2D eigenvalue weighted by atomic mass is 9.85. The number of aromatic nitrogens is 2. The molecule has 2 saturated carbocycles. The fourth-order valence-corrected chi connectivity index (χ4v) is 3.81. The average molecular weight is 303 g/mol. The van der Waals surface area contributed by atoms with Crippen LogP contribution < -0.4 is 5.32 Å². The van der Waals surface area contributed by atoms with Gasteiger partial charge in [0.25, 0.3) is 0 Å². The molecule has 0 radical (unpaired) electrons. The van der Waals surface area contributed by atoms with Gasteiger partial charge in [-0.1, -0.05) is 32.1 Å². The van der Waals surface area contributed by atoms with E-state index in [4.69, 9.17) is 0 Å². The largest absolute Gasteiger partial charge is 0.355 e. The van der Waals surface area contributed by atoms with Crippen molar-refractivity contribution in [1.82, 2.24) is 14.9 Å². The molecule has 0 aromatic carbocycles. The molecule has 1 amide bonds. The maximum Gasteiger partial charge on any atom is 0.223 e. The van der Waals surface area contributed by atoms with Crippen LogP contribution in [-0.4, -0.2) is 22.0 Å². The molecule has 1 heterocycles. The van der Waals surface area contributed by atoms with Crippen molar-refractivity contribution in [3.63, 3.8) is 0 Å². The Morgan fingerprint density at radius 1 is 1.18 bits per heavy atom. The van der Waals surface area contributed by atoms with Gasteiger partial charge >= 0.3 is 0 Å². The first-order valence-electron chi connectivity index (χ1n) is 9.06. The van der Waals surface area contributed by atoms with Gasteiger partial charge in [-0.25, -0.2) is 4.98 Å². The number of imidazole rings is 1. The zero-order valence-corrected chi connectivity index (χ0v) is 13.8. The molecule has 1 aromatic rings. The van der Waals surface area contributed by atoms with E-state index in [1.54, 1.807) is 0 Å². The molecular weight excluding hydrogens is 274 g/mol. The van der Waals surface area contributed by atoms with Crippen LogP contribution in [0.25, 0.3) is 0 Å². The van der Waals surface area contributed by atoms with Crippen LogP contribution in [0.5, 0.6) is 0 Å².